The van der Waals surface area contributed by atoms with Gasteiger partial charge in [0.15, 0.2) is 6.29 Å². The Morgan fingerprint density at radius 3 is 2.37 bits per heavy atom. The third-order valence-corrected chi connectivity index (χ3v) is 7.34. The number of hydrogen-bond donors (Lipinski definition) is 2. The number of aromatic nitrogens is 2. The minimum Gasteiger partial charge on any atom is -0.371 e. The van der Waals surface area contributed by atoms with Crippen LogP contribution < -0.4 is 4.90 Å². The summed E-state index contributed by atoms with van der Waals surface area (Å²) in [5.41, 5.74) is 0.278. The predicted octanol–water partition coefficient (Wildman–Crippen LogP) is 3.44. The lowest BCUT2D eigenvalue weighted by Crippen LogP contribution is -2.53. The van der Waals surface area contributed by atoms with Crippen molar-refractivity contribution < 1.29 is 28.2 Å². The molecule has 2 N–H and O–H groups in total. The maximum atomic E-state index is 13.6. The van der Waals surface area contributed by atoms with Crippen LogP contribution in [0.4, 0.5) is 23.7 Å². The average molecular weight is 496 g/mol. The van der Waals surface area contributed by atoms with Crippen molar-refractivity contribution in [3.05, 3.63) is 47.3 Å². The number of carbonyl (C=O) groups excluding carboxylic acids is 1. The number of alkyl halides is 3. The van der Waals surface area contributed by atoms with Crippen LogP contribution >= 0.6 is 0 Å². The number of rotatable bonds is 5. The molecule has 1 aromatic heterocycles. The molecule has 2 aliphatic rings. The fraction of sp³-hybridized carbons (Fsp3) is 0.583. The van der Waals surface area contributed by atoms with Crippen LogP contribution in [0.2, 0.25) is 0 Å². The number of carbonyl (C=O) groups is 1. The number of nitrogens with zero attached hydrogens (tertiary/aromatic N) is 5. The second kappa shape index (κ2) is 9.79. The standard InChI is InChI=1S/C24H32F3N5O3/c1-23(8-13-31(14-9-23)22(35)32-12-7-19(28-32)21(33)34)29(2)16-17-5-6-18(24(25,26)27)20(15-17)30-10-3-4-11-30/h5-7,12,15,21,33-34H,3-4,8-11,13-14,16H2,1-2H3. The van der Waals surface area contributed by atoms with E-state index < -0.39 is 18.0 Å². The van der Waals surface area contributed by atoms with E-state index in [-0.39, 0.29) is 23.0 Å². The SMILES string of the molecule is CN(Cc1ccc(C(F)(F)F)c(N2CCCC2)c1)C1(C)CCN(C(=O)n2ccc(C(O)O)n2)CC1. The first-order valence-corrected chi connectivity index (χ1v) is 11.9. The number of benzene rings is 1. The van der Waals surface area contributed by atoms with Gasteiger partial charge in [0.05, 0.1) is 5.56 Å². The van der Waals surface area contributed by atoms with Crippen LogP contribution in [0.15, 0.2) is 30.5 Å². The van der Waals surface area contributed by atoms with Gasteiger partial charge in [0.25, 0.3) is 0 Å². The zero-order valence-corrected chi connectivity index (χ0v) is 20.0. The first kappa shape index (κ1) is 25.5. The summed E-state index contributed by atoms with van der Waals surface area (Å²) < 4.78 is 41.9. The number of hydrogen-bond acceptors (Lipinski definition) is 6. The van der Waals surface area contributed by atoms with Gasteiger partial charge in [-0.1, -0.05) is 6.07 Å². The number of halogens is 3. The minimum atomic E-state index is -4.39. The highest BCUT2D eigenvalue weighted by atomic mass is 19.4. The zero-order chi connectivity index (χ0) is 25.4. The molecule has 3 heterocycles. The number of aliphatic hydroxyl groups is 2. The Kier molecular flexibility index (Phi) is 7.12. The molecule has 1 amide bonds. The largest absolute Gasteiger partial charge is 0.418 e. The monoisotopic (exact) mass is 495 g/mol. The molecule has 0 unspecified atom stereocenters. The van der Waals surface area contributed by atoms with Gasteiger partial charge in [-0.2, -0.15) is 23.0 Å². The van der Waals surface area contributed by atoms with Crippen molar-refractivity contribution in [2.24, 2.45) is 0 Å². The van der Waals surface area contributed by atoms with Crippen molar-refractivity contribution in [1.82, 2.24) is 19.6 Å². The third kappa shape index (κ3) is 5.46. The van der Waals surface area contributed by atoms with Crippen LogP contribution in [0.3, 0.4) is 0 Å². The molecule has 4 rings (SSSR count). The van der Waals surface area contributed by atoms with Gasteiger partial charge in [0.2, 0.25) is 0 Å². The van der Waals surface area contributed by atoms with E-state index in [0.717, 1.165) is 23.1 Å². The molecule has 11 heteroatoms. The Bertz CT molecular complexity index is 1040. The molecular weight excluding hydrogens is 463 g/mol. The fourth-order valence-electron chi connectivity index (χ4n) is 4.89. The van der Waals surface area contributed by atoms with E-state index in [4.69, 9.17) is 0 Å². The van der Waals surface area contributed by atoms with Gasteiger partial charge in [0.1, 0.15) is 5.69 Å². The second-order valence-electron chi connectivity index (χ2n) is 9.72. The maximum absolute atomic E-state index is 13.6. The molecule has 0 atom stereocenters. The number of aliphatic hydroxyl groups excluding tert-OH is 1. The number of anilines is 1. The molecule has 8 nitrogen and oxygen atoms in total. The predicted molar refractivity (Wildman–Crippen MR) is 124 cm³/mol. The van der Waals surface area contributed by atoms with Gasteiger partial charge in [-0.05, 0) is 63.4 Å². The second-order valence-corrected chi connectivity index (χ2v) is 9.72. The Morgan fingerprint density at radius 2 is 1.80 bits per heavy atom. The van der Waals surface area contributed by atoms with Gasteiger partial charge < -0.3 is 20.0 Å². The van der Waals surface area contributed by atoms with E-state index in [2.05, 4.69) is 16.9 Å². The van der Waals surface area contributed by atoms with Crippen molar-refractivity contribution in [3.8, 4) is 0 Å². The lowest BCUT2D eigenvalue weighted by molar-refractivity contribution is -0.137. The molecule has 0 aliphatic carbocycles. The van der Waals surface area contributed by atoms with Gasteiger partial charge in [-0.25, -0.2) is 4.79 Å². The van der Waals surface area contributed by atoms with Crippen molar-refractivity contribution >= 4 is 11.7 Å². The Labute approximate surface area is 202 Å². The van der Waals surface area contributed by atoms with Crippen molar-refractivity contribution in [2.45, 2.75) is 57.2 Å². The molecule has 0 spiro atoms. The first-order chi connectivity index (χ1) is 16.5. The Hall–Kier alpha value is -2.63. The summed E-state index contributed by atoms with van der Waals surface area (Å²) in [6.07, 6.45) is -1.56. The van der Waals surface area contributed by atoms with E-state index in [0.29, 0.717) is 45.6 Å². The molecule has 192 valence electrons. The lowest BCUT2D eigenvalue weighted by atomic mass is 9.87. The highest BCUT2D eigenvalue weighted by Crippen LogP contribution is 2.39. The highest BCUT2D eigenvalue weighted by molar-refractivity contribution is 5.76. The molecule has 2 saturated heterocycles. The fourth-order valence-corrected chi connectivity index (χ4v) is 4.89. The Balaban J connectivity index is 1.42. The van der Waals surface area contributed by atoms with Crippen LogP contribution in [-0.4, -0.2) is 74.6 Å². The van der Waals surface area contributed by atoms with Gasteiger partial charge in [0, 0.05) is 50.1 Å². The molecule has 35 heavy (non-hydrogen) atoms. The molecular formula is C24H32F3N5O3. The highest BCUT2D eigenvalue weighted by Gasteiger charge is 2.37. The summed E-state index contributed by atoms with van der Waals surface area (Å²) in [5, 5.41) is 22.3. The molecule has 1 aromatic carbocycles. The molecule has 0 bridgehead atoms. The smallest absolute Gasteiger partial charge is 0.371 e. The number of amides is 1. The van der Waals surface area contributed by atoms with Crippen molar-refractivity contribution in [2.75, 3.05) is 38.1 Å². The zero-order valence-electron chi connectivity index (χ0n) is 20.0. The van der Waals surface area contributed by atoms with Crippen LogP contribution in [0.25, 0.3) is 0 Å². The van der Waals surface area contributed by atoms with E-state index in [1.165, 1.54) is 18.3 Å². The van der Waals surface area contributed by atoms with Gasteiger partial charge in [-0.15, -0.1) is 0 Å². The summed E-state index contributed by atoms with van der Waals surface area (Å²) in [6, 6.07) is 5.48. The number of likely N-dealkylation sites (tertiary alicyclic amines) is 1. The quantitative estimate of drug-likeness (QED) is 0.619. The number of piperidine rings is 1. The first-order valence-electron chi connectivity index (χ1n) is 11.9. The van der Waals surface area contributed by atoms with Crippen LogP contribution in [-0.2, 0) is 12.7 Å². The average Bonchev–Trinajstić information content (AvgIpc) is 3.51. The lowest BCUT2D eigenvalue weighted by Gasteiger charge is -2.45. The summed E-state index contributed by atoms with van der Waals surface area (Å²) in [7, 11) is 1.97. The molecule has 2 aliphatic heterocycles. The van der Waals surface area contributed by atoms with Crippen molar-refractivity contribution in [1.29, 1.82) is 0 Å². The third-order valence-electron chi connectivity index (χ3n) is 7.34. The van der Waals surface area contributed by atoms with Crippen molar-refractivity contribution in [3.63, 3.8) is 0 Å². The van der Waals surface area contributed by atoms with E-state index >= 15 is 0 Å². The summed E-state index contributed by atoms with van der Waals surface area (Å²) >= 11 is 0. The van der Waals surface area contributed by atoms with Gasteiger partial charge >= 0.3 is 12.2 Å². The van der Waals surface area contributed by atoms with E-state index in [1.54, 1.807) is 17.0 Å². The van der Waals surface area contributed by atoms with Gasteiger partial charge in [-0.3, -0.25) is 4.90 Å². The van der Waals surface area contributed by atoms with E-state index in [1.807, 2.05) is 11.9 Å². The Morgan fingerprint density at radius 1 is 1.14 bits per heavy atom. The summed E-state index contributed by atoms with van der Waals surface area (Å²) in [6.45, 7) is 4.86. The summed E-state index contributed by atoms with van der Waals surface area (Å²) in [5.74, 6) is 0. The molecule has 0 saturated carbocycles. The maximum Gasteiger partial charge on any atom is 0.418 e. The van der Waals surface area contributed by atoms with Crippen LogP contribution in [0.1, 0.15) is 55.7 Å². The van der Waals surface area contributed by atoms with E-state index in [9.17, 15) is 28.2 Å². The van der Waals surface area contributed by atoms with Crippen LogP contribution in [0.5, 0.6) is 0 Å². The summed E-state index contributed by atoms with van der Waals surface area (Å²) in [4.78, 5) is 18.4. The molecule has 2 aromatic rings. The normalized spacial score (nSPS) is 18.7. The minimum absolute atomic E-state index is 0.00442. The molecule has 0 radical (unpaired) electrons. The van der Waals surface area contributed by atoms with Crippen LogP contribution in [0, 0.1) is 0 Å². The molecule has 2 fully saturated rings. The topological polar surface area (TPSA) is 85.1 Å².